The molecule has 2 saturated heterocycles. The third-order valence-electron chi connectivity index (χ3n) is 9.31. The molecule has 2 fully saturated rings. The third-order valence-corrected chi connectivity index (χ3v) is 14.8. The molecule has 0 amide bonds. The quantitative estimate of drug-likeness (QED) is 0.0918. The van der Waals surface area contributed by atoms with E-state index >= 15 is 0 Å². The fourth-order valence-electron chi connectivity index (χ4n) is 6.58. The van der Waals surface area contributed by atoms with E-state index in [-0.39, 0.29) is 31.0 Å². The average Bonchev–Trinajstić information content (AvgIpc) is 3.31. The summed E-state index contributed by atoms with van der Waals surface area (Å²) in [6, 6.07) is 65.0. The second-order valence-electron chi connectivity index (χ2n) is 15.5. The monoisotopic (exact) mass is 1070 g/mol. The van der Waals surface area contributed by atoms with Crippen LogP contribution in [-0.4, -0.2) is 67.9 Å². The molecule has 1 spiro atoms. The second kappa shape index (κ2) is 34.0. The summed E-state index contributed by atoms with van der Waals surface area (Å²) in [6.07, 6.45) is 14.0. The maximum Gasteiger partial charge on any atom is 0.582 e. The number of hydrogen-bond donors (Lipinski definition) is 4. The van der Waals surface area contributed by atoms with Crippen molar-refractivity contribution in [1.29, 1.82) is 0 Å². The van der Waals surface area contributed by atoms with Crippen LogP contribution in [0.5, 0.6) is 0 Å². The van der Waals surface area contributed by atoms with Crippen molar-refractivity contribution in [3.05, 3.63) is 206 Å². The zero-order valence-corrected chi connectivity index (χ0v) is 43.4. The van der Waals surface area contributed by atoms with Crippen molar-refractivity contribution in [3.8, 4) is 0 Å². The van der Waals surface area contributed by atoms with Crippen molar-refractivity contribution < 1.29 is 76.6 Å². The van der Waals surface area contributed by atoms with Crippen molar-refractivity contribution in [3.63, 3.8) is 0 Å². The molecule has 0 aromatic heterocycles. The number of carbonyl (C=O) groups excluding carboxylic acids is 2. The summed E-state index contributed by atoms with van der Waals surface area (Å²) in [5.41, 5.74) is 0. The van der Waals surface area contributed by atoms with E-state index in [1.807, 2.05) is 0 Å². The molecule has 365 valence electrons. The van der Waals surface area contributed by atoms with Crippen LogP contribution in [0.3, 0.4) is 0 Å². The zero-order valence-electron chi connectivity index (χ0n) is 39.7. The van der Waals surface area contributed by atoms with Gasteiger partial charge in [0.2, 0.25) is 0 Å². The second-order valence-corrected chi connectivity index (χ2v) is 20.4. The van der Waals surface area contributed by atoms with E-state index < -0.39 is 52.1 Å². The summed E-state index contributed by atoms with van der Waals surface area (Å²) >= 11 is 0. The van der Waals surface area contributed by atoms with Gasteiger partial charge in [-0.3, -0.25) is 0 Å². The molecule has 6 aromatic carbocycles. The van der Waals surface area contributed by atoms with Gasteiger partial charge in [0.25, 0.3) is 0 Å². The Morgan fingerprint density at radius 2 is 0.529 bits per heavy atom. The predicted octanol–water partition coefficient (Wildman–Crippen LogP) is 5.67. The SMILES string of the molecule is C1=C\CC/C=C\CC/1.CC(C)=O.CC(C)=O.OB1OB(O)O[B-]2(O1)OB(O)OB(O)O2.[Rh].c1ccc([PH+](c2ccccc2)c2ccccc2)cc1.c1ccc([PH+](c2ccccc2)c2ccccc2)cc1. The average molecular weight is 1070 g/mol. The van der Waals surface area contributed by atoms with Crippen LogP contribution in [0.15, 0.2) is 206 Å². The van der Waals surface area contributed by atoms with Gasteiger partial charge in [-0.05, 0) is 126 Å². The van der Waals surface area contributed by atoms with Crippen molar-refractivity contribution >= 4 is 95.5 Å². The molecule has 0 unspecified atom stereocenters. The number of ketones is 2. The summed E-state index contributed by atoms with van der Waals surface area (Å²) in [7, 11) is -9.34. The number of allylic oxidation sites excluding steroid dienone is 4. The summed E-state index contributed by atoms with van der Waals surface area (Å²) in [5, 5.41) is 44.4. The van der Waals surface area contributed by atoms with Gasteiger partial charge in [-0.15, -0.1) is 0 Å². The van der Waals surface area contributed by atoms with Crippen LogP contribution in [0.4, 0.5) is 0 Å². The first-order valence-corrected chi connectivity index (χ1v) is 25.5. The number of carbonyl (C=O) groups is 2. The molecular weight excluding hydrogens is 1010 g/mol. The normalized spacial score (nSPS) is 15.3. The minimum absolute atomic E-state index is 0. The predicted molar refractivity (Wildman–Crippen MR) is 287 cm³/mol. The minimum atomic E-state index is -3.21. The summed E-state index contributed by atoms with van der Waals surface area (Å²) in [4.78, 5) is 18.9. The van der Waals surface area contributed by atoms with E-state index in [0.717, 1.165) is 0 Å². The summed E-state index contributed by atoms with van der Waals surface area (Å²) in [6.45, 7) is 2.90. The Kier molecular flexibility index (Phi) is 29.1. The molecule has 3 aliphatic rings. The van der Waals surface area contributed by atoms with Crippen LogP contribution < -0.4 is 31.8 Å². The fourth-order valence-corrected chi connectivity index (χ4v) is 11.7. The molecule has 0 atom stereocenters. The third kappa shape index (κ3) is 23.2. The molecule has 20 heteroatoms. The van der Waals surface area contributed by atoms with Gasteiger partial charge in [0, 0.05) is 19.5 Å². The Morgan fingerprint density at radius 1 is 0.371 bits per heavy atom. The molecule has 2 heterocycles. The van der Waals surface area contributed by atoms with Gasteiger partial charge < -0.3 is 57.1 Å². The molecule has 70 heavy (non-hydrogen) atoms. The van der Waals surface area contributed by atoms with Crippen molar-refractivity contribution in [1.82, 2.24) is 0 Å². The topological polar surface area (TPSA) is 170 Å². The standard InChI is InChI=1S/2C18H15P.C8H12.2C3H6O.B5H4O10.Rh/c2*1-4-10-16(11-5-1)19(17-12-6-2-7-13-17)18-14-8-3-9-15-18;1-2-4-6-8-7-5-3-1;2*1-3(2)4;6-1-10-2(7)13-5(12-1)14-3(8)11-4(9)15-5;/h2*1-15H;1-2,7-8H,3-6H2;2*1-2H3;6-9H;/q;;;;;-1;/p+2/b;;2-1-,8-7-;;;;. The van der Waals surface area contributed by atoms with Crippen LogP contribution in [-0.2, 0) is 56.5 Å². The maximum absolute atomic E-state index is 9.44. The first-order valence-electron chi connectivity index (χ1n) is 22.5. The first kappa shape index (κ1) is 59.9. The molecule has 0 bridgehead atoms. The zero-order chi connectivity index (χ0) is 49.7. The molecule has 6 aromatic rings. The van der Waals surface area contributed by atoms with E-state index in [1.165, 1.54) is 85.2 Å². The van der Waals surface area contributed by atoms with E-state index in [4.69, 9.17) is 20.1 Å². The van der Waals surface area contributed by atoms with Gasteiger partial charge in [0.15, 0.2) is 0 Å². The van der Waals surface area contributed by atoms with Crippen LogP contribution in [0.2, 0.25) is 0 Å². The number of rotatable bonds is 6. The van der Waals surface area contributed by atoms with Crippen LogP contribution >= 0.6 is 15.8 Å². The van der Waals surface area contributed by atoms with Gasteiger partial charge in [0.05, 0.1) is 15.8 Å². The minimum Gasteiger partial charge on any atom is -0.539 e. The van der Waals surface area contributed by atoms with E-state index in [9.17, 15) is 9.59 Å². The van der Waals surface area contributed by atoms with Gasteiger partial charge in [0.1, 0.15) is 43.4 Å². The smallest absolute Gasteiger partial charge is 0.539 e. The van der Waals surface area contributed by atoms with Gasteiger partial charge in [-0.25, -0.2) is 0 Å². The van der Waals surface area contributed by atoms with Gasteiger partial charge in [-0.2, -0.15) is 0 Å². The first-order chi connectivity index (χ1) is 33.4. The number of Topliss-reactive ketones (excluding diaryl/α,β-unsaturated/α-hetero) is 2. The van der Waals surface area contributed by atoms with E-state index in [0.29, 0.717) is 0 Å². The van der Waals surface area contributed by atoms with Crippen molar-refractivity contribution in [2.45, 2.75) is 53.4 Å². The largest absolute Gasteiger partial charge is 0.582 e. The van der Waals surface area contributed by atoms with Crippen LogP contribution in [0.25, 0.3) is 0 Å². The number of benzene rings is 6. The Bertz CT molecular complexity index is 1990. The maximum atomic E-state index is 9.44. The molecule has 0 saturated carbocycles. The molecule has 1 radical (unpaired) electrons. The summed E-state index contributed by atoms with van der Waals surface area (Å²) in [5.74, 6) is 0.333. The number of hydrogen-bond acceptors (Lipinski definition) is 12. The van der Waals surface area contributed by atoms with Gasteiger partial charge in [-0.1, -0.05) is 133 Å². The Labute approximate surface area is 429 Å². The molecule has 1 aliphatic carbocycles. The van der Waals surface area contributed by atoms with Crippen LogP contribution in [0.1, 0.15) is 53.4 Å². The summed E-state index contributed by atoms with van der Waals surface area (Å²) < 4.78 is 26.4. The molecular formula is C50H60B5O12P2Rh+. The molecule has 4 N–H and O–H groups in total. The molecule has 9 rings (SSSR count). The van der Waals surface area contributed by atoms with Gasteiger partial charge >= 0.3 is 36.2 Å². The Morgan fingerprint density at radius 3 is 0.686 bits per heavy atom. The molecule has 2 aliphatic heterocycles. The Balaban J connectivity index is 0.000000240. The van der Waals surface area contributed by atoms with E-state index in [2.05, 4.69) is 234 Å². The molecule has 12 nitrogen and oxygen atoms in total. The van der Waals surface area contributed by atoms with Crippen molar-refractivity contribution in [2.75, 3.05) is 0 Å². The Hall–Kier alpha value is -4.45. The fraction of sp³-hybridized carbons (Fsp3) is 0.160. The van der Waals surface area contributed by atoms with Crippen molar-refractivity contribution in [2.24, 2.45) is 0 Å². The van der Waals surface area contributed by atoms with Crippen LogP contribution in [0, 0.1) is 0 Å². The van der Waals surface area contributed by atoms with E-state index in [1.54, 1.807) is 0 Å².